The van der Waals surface area contributed by atoms with Crippen LogP contribution in [0.1, 0.15) is 6.92 Å². The number of benzene rings is 1. The van der Waals surface area contributed by atoms with Gasteiger partial charge in [0.1, 0.15) is 5.75 Å². The minimum atomic E-state index is -0.520. The van der Waals surface area contributed by atoms with Gasteiger partial charge in [-0.3, -0.25) is 5.32 Å². The minimum Gasteiger partial charge on any atom is -0.493 e. The van der Waals surface area contributed by atoms with E-state index in [0.29, 0.717) is 18.3 Å². The third kappa shape index (κ3) is 5.82. The van der Waals surface area contributed by atoms with Crippen molar-refractivity contribution in [3.63, 3.8) is 0 Å². The van der Waals surface area contributed by atoms with E-state index in [2.05, 4.69) is 31.4 Å². The highest BCUT2D eigenvalue weighted by molar-refractivity contribution is 9.10. The Bertz CT molecular complexity index is 607. The number of thioether (sulfide) groups is 1. The fourth-order valence-corrected chi connectivity index (χ4v) is 3.28. The third-order valence-electron chi connectivity index (χ3n) is 2.28. The van der Waals surface area contributed by atoms with Crippen molar-refractivity contribution in [3.8, 4) is 5.75 Å². The minimum absolute atomic E-state index is 0.319. The summed E-state index contributed by atoms with van der Waals surface area (Å²) in [4.78, 5) is 11.2. The molecule has 0 aliphatic carbocycles. The van der Waals surface area contributed by atoms with E-state index in [1.54, 1.807) is 6.92 Å². The summed E-state index contributed by atoms with van der Waals surface area (Å²) >= 11 is 6.20. The average molecular weight is 404 g/mol. The molecule has 2 rings (SSSR count). The number of ether oxygens (including phenoxy) is 2. The summed E-state index contributed by atoms with van der Waals surface area (Å²) < 4.78 is 12.2. The van der Waals surface area contributed by atoms with Crippen LogP contribution in [0.3, 0.4) is 0 Å². The van der Waals surface area contributed by atoms with Crippen molar-refractivity contribution in [2.75, 3.05) is 24.3 Å². The molecule has 0 aliphatic heterocycles. The Morgan fingerprint density at radius 2 is 2.14 bits per heavy atom. The molecular formula is C13H14BrN3O3S2. The summed E-state index contributed by atoms with van der Waals surface area (Å²) in [6, 6.07) is 7.67. The number of anilines is 1. The smallest absolute Gasteiger partial charge is 0.413 e. The molecule has 1 aromatic heterocycles. The second kappa shape index (κ2) is 8.96. The summed E-state index contributed by atoms with van der Waals surface area (Å²) in [7, 11) is 0. The lowest BCUT2D eigenvalue weighted by Crippen LogP contribution is -2.12. The molecular weight excluding hydrogens is 390 g/mol. The van der Waals surface area contributed by atoms with E-state index >= 15 is 0 Å². The Morgan fingerprint density at radius 3 is 2.86 bits per heavy atom. The number of carbonyl (C=O) groups is 1. The Labute approximate surface area is 144 Å². The van der Waals surface area contributed by atoms with Crippen molar-refractivity contribution in [2.24, 2.45) is 0 Å². The third-order valence-corrected chi connectivity index (χ3v) is 4.75. The van der Waals surface area contributed by atoms with Gasteiger partial charge in [0, 0.05) is 10.2 Å². The van der Waals surface area contributed by atoms with Crippen molar-refractivity contribution in [1.82, 2.24) is 10.2 Å². The van der Waals surface area contributed by atoms with Crippen LogP contribution in [0.4, 0.5) is 9.93 Å². The Kier molecular flexibility index (Phi) is 6.94. The van der Waals surface area contributed by atoms with Crippen LogP contribution in [-0.4, -0.2) is 35.3 Å². The highest BCUT2D eigenvalue weighted by Crippen LogP contribution is 2.25. The van der Waals surface area contributed by atoms with E-state index < -0.39 is 6.09 Å². The first-order valence-electron chi connectivity index (χ1n) is 6.46. The van der Waals surface area contributed by atoms with Crippen LogP contribution in [0.25, 0.3) is 0 Å². The van der Waals surface area contributed by atoms with E-state index in [-0.39, 0.29) is 0 Å². The van der Waals surface area contributed by atoms with Crippen LogP contribution in [0.15, 0.2) is 33.1 Å². The van der Waals surface area contributed by atoms with Gasteiger partial charge in [-0.15, -0.1) is 10.2 Å². The van der Waals surface area contributed by atoms with E-state index in [9.17, 15) is 4.79 Å². The van der Waals surface area contributed by atoms with Crippen LogP contribution in [0, 0.1) is 0 Å². The lowest BCUT2D eigenvalue weighted by molar-refractivity contribution is 0.168. The van der Waals surface area contributed by atoms with Crippen molar-refractivity contribution in [1.29, 1.82) is 0 Å². The van der Waals surface area contributed by atoms with Gasteiger partial charge in [-0.2, -0.15) is 0 Å². The number of rotatable bonds is 7. The van der Waals surface area contributed by atoms with Gasteiger partial charge in [-0.05, 0) is 31.2 Å². The summed E-state index contributed by atoms with van der Waals surface area (Å²) in [6.07, 6.45) is -0.520. The molecule has 0 fully saturated rings. The molecule has 6 nitrogen and oxygen atoms in total. The van der Waals surface area contributed by atoms with Gasteiger partial charge in [0.2, 0.25) is 5.13 Å². The summed E-state index contributed by atoms with van der Waals surface area (Å²) in [5.41, 5.74) is 0. The second-order valence-electron chi connectivity index (χ2n) is 3.87. The number of nitrogens with one attached hydrogen (secondary N) is 1. The van der Waals surface area contributed by atoms with Crippen LogP contribution < -0.4 is 10.1 Å². The molecule has 0 radical (unpaired) electrons. The first kappa shape index (κ1) is 17.0. The zero-order chi connectivity index (χ0) is 15.8. The van der Waals surface area contributed by atoms with Crippen molar-refractivity contribution < 1.29 is 14.3 Å². The van der Waals surface area contributed by atoms with Gasteiger partial charge in [0.25, 0.3) is 0 Å². The van der Waals surface area contributed by atoms with Gasteiger partial charge in [-0.25, -0.2) is 4.79 Å². The molecule has 0 saturated carbocycles. The largest absolute Gasteiger partial charge is 0.493 e. The predicted molar refractivity (Wildman–Crippen MR) is 90.9 cm³/mol. The molecule has 0 saturated heterocycles. The molecule has 9 heteroatoms. The maximum absolute atomic E-state index is 11.2. The molecule has 2 aromatic rings. The summed E-state index contributed by atoms with van der Waals surface area (Å²) in [6.45, 7) is 2.62. The van der Waals surface area contributed by atoms with E-state index in [0.717, 1.165) is 20.3 Å². The molecule has 0 unspecified atom stereocenters. The molecule has 118 valence electrons. The first-order chi connectivity index (χ1) is 10.7. The lowest BCUT2D eigenvalue weighted by Gasteiger charge is -2.04. The monoisotopic (exact) mass is 403 g/mol. The molecule has 0 spiro atoms. The van der Waals surface area contributed by atoms with E-state index in [1.807, 2.05) is 24.3 Å². The van der Waals surface area contributed by atoms with E-state index in [4.69, 9.17) is 9.47 Å². The van der Waals surface area contributed by atoms with Gasteiger partial charge in [0.15, 0.2) is 4.34 Å². The van der Waals surface area contributed by atoms with Gasteiger partial charge in [0.05, 0.1) is 13.2 Å². The first-order valence-corrected chi connectivity index (χ1v) is 9.05. The van der Waals surface area contributed by atoms with Crippen LogP contribution in [0.5, 0.6) is 5.75 Å². The molecule has 1 N–H and O–H groups in total. The molecule has 1 heterocycles. The Balaban J connectivity index is 1.70. The highest BCUT2D eigenvalue weighted by atomic mass is 79.9. The van der Waals surface area contributed by atoms with Crippen molar-refractivity contribution in [2.45, 2.75) is 11.3 Å². The van der Waals surface area contributed by atoms with Crippen molar-refractivity contribution in [3.05, 3.63) is 28.7 Å². The fourth-order valence-electron chi connectivity index (χ4n) is 1.39. The Morgan fingerprint density at radius 1 is 1.36 bits per heavy atom. The molecule has 1 aromatic carbocycles. The quantitative estimate of drug-likeness (QED) is 0.427. The maximum atomic E-state index is 11.2. The topological polar surface area (TPSA) is 73.3 Å². The standard InChI is InChI=1S/C13H14BrN3O3S2/c1-2-19-12(18)15-11-16-17-13(22-11)21-8-7-20-10-5-3-9(14)4-6-10/h3-6H,2,7-8H2,1H3,(H,15,16,18). The number of aromatic nitrogens is 2. The predicted octanol–water partition coefficient (Wildman–Crippen LogP) is 4.04. The van der Waals surface area contributed by atoms with Crippen LogP contribution in [0.2, 0.25) is 0 Å². The second-order valence-corrected chi connectivity index (χ2v) is 7.10. The average Bonchev–Trinajstić information content (AvgIpc) is 2.93. The zero-order valence-corrected chi connectivity index (χ0v) is 15.0. The van der Waals surface area contributed by atoms with Gasteiger partial charge < -0.3 is 9.47 Å². The number of hydrogen-bond donors (Lipinski definition) is 1. The van der Waals surface area contributed by atoms with E-state index in [1.165, 1.54) is 23.1 Å². The maximum Gasteiger partial charge on any atom is 0.413 e. The number of amides is 1. The number of carbonyl (C=O) groups excluding carboxylic acids is 1. The lowest BCUT2D eigenvalue weighted by atomic mass is 10.3. The van der Waals surface area contributed by atoms with Crippen LogP contribution >= 0.6 is 39.0 Å². The van der Waals surface area contributed by atoms with Gasteiger partial charge in [-0.1, -0.05) is 39.0 Å². The van der Waals surface area contributed by atoms with Gasteiger partial charge >= 0.3 is 6.09 Å². The fraction of sp³-hybridized carbons (Fsp3) is 0.308. The van der Waals surface area contributed by atoms with Crippen LogP contribution in [-0.2, 0) is 4.74 Å². The normalized spacial score (nSPS) is 10.3. The molecule has 1 amide bonds. The number of hydrogen-bond acceptors (Lipinski definition) is 7. The molecule has 22 heavy (non-hydrogen) atoms. The molecule has 0 bridgehead atoms. The van der Waals surface area contributed by atoms with Crippen molar-refractivity contribution >= 4 is 50.3 Å². The highest BCUT2D eigenvalue weighted by Gasteiger charge is 2.08. The summed E-state index contributed by atoms with van der Waals surface area (Å²) in [5, 5.41) is 10.8. The SMILES string of the molecule is CCOC(=O)Nc1nnc(SCCOc2ccc(Br)cc2)s1. The zero-order valence-electron chi connectivity index (χ0n) is 11.7. The molecule has 0 atom stereocenters. The summed E-state index contributed by atoms with van der Waals surface area (Å²) in [5.74, 6) is 1.56. The molecule has 0 aliphatic rings. The Hall–Kier alpha value is -1.32. The number of halogens is 1. The number of nitrogens with zero attached hydrogens (tertiary/aromatic N) is 2.